The van der Waals surface area contributed by atoms with Crippen LogP contribution in [0.5, 0.6) is 0 Å². The normalized spacial score (nSPS) is 42.9. The summed E-state index contributed by atoms with van der Waals surface area (Å²) in [5, 5.41) is 0. The molecule has 0 bridgehead atoms. The molecule has 0 aromatic rings. The van der Waals surface area contributed by atoms with Crippen LogP contribution in [-0.2, 0) is 18.4 Å². The molecule has 4 nitrogen and oxygen atoms in total. The van der Waals surface area contributed by atoms with E-state index in [2.05, 4.69) is 60.1 Å². The molecule has 0 heterocycles. The molecule has 0 aromatic heterocycles. The molecule has 0 N–H and O–H groups in total. The van der Waals surface area contributed by atoms with Crippen LogP contribution in [-0.4, -0.2) is 41.9 Å². The second kappa shape index (κ2) is 10.7. The predicted molar refractivity (Wildman–Crippen MR) is 157 cm³/mol. The van der Waals surface area contributed by atoms with E-state index >= 15 is 0 Å². The number of ether oxygens (including phenoxy) is 1. The molecular weight excluding hydrogens is 493 g/mol. The standard InChI is InChI=1S/C31H58O4Si2/c1-21(11-16-29(32)33-4)25-14-15-26-24-13-12-22-19-23(34-36(5,6)7)17-18-30(22,2)27(24)20-28(31(25,26)3)35-37(8,9)10/h21-28H,11-20H2,1-10H3/t21-,22-,23-,24+,25-,26+,27+,28-,30+,31-/m1/s1. The number of carbonyl (C=O) groups excluding carboxylic acids is 1. The van der Waals surface area contributed by atoms with Crippen LogP contribution in [0, 0.1) is 46.3 Å². The minimum atomic E-state index is -1.71. The second-order valence-electron chi connectivity index (χ2n) is 15.9. The largest absolute Gasteiger partial charge is 0.469 e. The molecule has 0 aromatic carbocycles. The number of esters is 1. The van der Waals surface area contributed by atoms with Crippen molar-refractivity contribution in [2.75, 3.05) is 7.11 Å². The summed E-state index contributed by atoms with van der Waals surface area (Å²) in [6, 6.07) is 0. The van der Waals surface area contributed by atoms with Gasteiger partial charge in [0.2, 0.25) is 0 Å². The minimum Gasteiger partial charge on any atom is -0.469 e. The van der Waals surface area contributed by atoms with Crippen molar-refractivity contribution in [2.24, 2.45) is 46.3 Å². The van der Waals surface area contributed by atoms with Gasteiger partial charge in [-0.05, 0) is 143 Å². The molecule has 4 fully saturated rings. The zero-order valence-corrected chi connectivity index (χ0v) is 27.8. The highest BCUT2D eigenvalue weighted by atomic mass is 28.4. The quantitative estimate of drug-likeness (QED) is 0.225. The van der Waals surface area contributed by atoms with Crippen molar-refractivity contribution in [3.8, 4) is 0 Å². The molecule has 37 heavy (non-hydrogen) atoms. The lowest BCUT2D eigenvalue weighted by molar-refractivity contribution is -0.169. The Morgan fingerprint density at radius 3 is 2.19 bits per heavy atom. The molecule has 6 heteroatoms. The molecule has 0 amide bonds. The van der Waals surface area contributed by atoms with Crippen LogP contribution in [0.2, 0.25) is 39.3 Å². The van der Waals surface area contributed by atoms with Gasteiger partial charge in [0, 0.05) is 12.5 Å². The van der Waals surface area contributed by atoms with E-state index < -0.39 is 16.6 Å². The average Bonchev–Trinajstić information content (AvgIpc) is 3.14. The van der Waals surface area contributed by atoms with E-state index in [9.17, 15) is 4.79 Å². The van der Waals surface area contributed by atoms with Gasteiger partial charge in [0.15, 0.2) is 16.6 Å². The Labute approximate surface area is 230 Å². The first-order valence-corrected chi connectivity index (χ1v) is 22.3. The SMILES string of the molecule is COC(=O)CC[C@@H](C)[C@H]1CC[C@H]2[C@@H]3CC[C@@H]4C[C@H](O[Si](C)(C)C)CC[C@]4(C)[C@H]3C[C@@H](O[Si](C)(C)C)[C@]12C. The van der Waals surface area contributed by atoms with Gasteiger partial charge in [-0.25, -0.2) is 0 Å². The summed E-state index contributed by atoms with van der Waals surface area (Å²) in [5.41, 5.74) is 0.650. The Morgan fingerprint density at radius 2 is 1.57 bits per heavy atom. The Hall–Kier alpha value is -0.176. The lowest BCUT2D eigenvalue weighted by Gasteiger charge is -2.64. The van der Waals surface area contributed by atoms with Gasteiger partial charge in [0.1, 0.15) is 0 Å². The van der Waals surface area contributed by atoms with E-state index in [0.717, 1.165) is 30.1 Å². The van der Waals surface area contributed by atoms with Gasteiger partial charge < -0.3 is 13.6 Å². The fourth-order valence-corrected chi connectivity index (χ4v) is 12.4. The fraction of sp³-hybridized carbons (Fsp3) is 0.968. The third kappa shape index (κ3) is 5.97. The first-order valence-electron chi connectivity index (χ1n) is 15.5. The number of carbonyl (C=O) groups is 1. The van der Waals surface area contributed by atoms with Gasteiger partial charge in [-0.1, -0.05) is 20.8 Å². The van der Waals surface area contributed by atoms with Crippen LogP contribution in [0.25, 0.3) is 0 Å². The van der Waals surface area contributed by atoms with Gasteiger partial charge in [0.05, 0.1) is 13.2 Å². The van der Waals surface area contributed by atoms with Gasteiger partial charge in [-0.15, -0.1) is 0 Å². The van der Waals surface area contributed by atoms with E-state index in [1.807, 2.05) is 0 Å². The zero-order chi connectivity index (χ0) is 27.4. The van der Waals surface area contributed by atoms with Crippen LogP contribution in [0.15, 0.2) is 0 Å². The summed E-state index contributed by atoms with van der Waals surface area (Å²) in [6.07, 6.45) is 12.8. The Morgan fingerprint density at radius 1 is 0.892 bits per heavy atom. The maximum Gasteiger partial charge on any atom is 0.305 e. The number of methoxy groups -OCH3 is 1. The van der Waals surface area contributed by atoms with E-state index in [-0.39, 0.29) is 11.4 Å². The highest BCUT2D eigenvalue weighted by molar-refractivity contribution is 6.70. The number of hydrogen-bond donors (Lipinski definition) is 0. The molecule has 4 rings (SSSR count). The smallest absolute Gasteiger partial charge is 0.305 e. The molecule has 214 valence electrons. The van der Waals surface area contributed by atoms with E-state index in [1.165, 1.54) is 58.5 Å². The molecule has 0 unspecified atom stereocenters. The third-order valence-electron chi connectivity index (χ3n) is 11.5. The third-order valence-corrected chi connectivity index (χ3v) is 13.5. The van der Waals surface area contributed by atoms with Crippen molar-refractivity contribution in [3.63, 3.8) is 0 Å². The van der Waals surface area contributed by atoms with Crippen LogP contribution >= 0.6 is 0 Å². The summed E-state index contributed by atoms with van der Waals surface area (Å²) < 4.78 is 18.9. The average molecular weight is 551 g/mol. The summed E-state index contributed by atoms with van der Waals surface area (Å²) in [5.74, 6) is 4.27. The number of fused-ring (bicyclic) bond motifs is 5. The van der Waals surface area contributed by atoms with E-state index in [1.54, 1.807) is 0 Å². The highest BCUT2D eigenvalue weighted by Gasteiger charge is 2.64. The molecule has 4 aliphatic rings. The van der Waals surface area contributed by atoms with E-state index in [4.69, 9.17) is 13.6 Å². The van der Waals surface area contributed by atoms with Gasteiger partial charge in [-0.3, -0.25) is 4.79 Å². The monoisotopic (exact) mass is 550 g/mol. The summed E-state index contributed by atoms with van der Waals surface area (Å²) in [4.78, 5) is 12.0. The van der Waals surface area contributed by atoms with Crippen LogP contribution < -0.4 is 0 Å². The van der Waals surface area contributed by atoms with Crippen molar-refractivity contribution in [1.29, 1.82) is 0 Å². The van der Waals surface area contributed by atoms with Crippen molar-refractivity contribution in [1.82, 2.24) is 0 Å². The summed E-state index contributed by atoms with van der Waals surface area (Å²) in [7, 11) is -1.70. The molecule has 0 saturated heterocycles. The van der Waals surface area contributed by atoms with Crippen molar-refractivity contribution >= 4 is 22.6 Å². The first kappa shape index (κ1) is 29.8. The molecule has 10 atom stereocenters. The van der Waals surface area contributed by atoms with Gasteiger partial charge in [-0.2, -0.15) is 0 Å². The van der Waals surface area contributed by atoms with Gasteiger partial charge >= 0.3 is 5.97 Å². The highest BCUT2D eigenvalue weighted by Crippen LogP contribution is 2.69. The molecule has 0 aliphatic heterocycles. The van der Waals surface area contributed by atoms with Crippen molar-refractivity contribution in [2.45, 2.75) is 136 Å². The number of rotatable bonds is 8. The Kier molecular flexibility index (Phi) is 8.59. The molecule has 4 saturated carbocycles. The first-order chi connectivity index (χ1) is 17.1. The van der Waals surface area contributed by atoms with Crippen molar-refractivity contribution in [3.05, 3.63) is 0 Å². The lowest BCUT2D eigenvalue weighted by Crippen LogP contribution is -2.60. The minimum absolute atomic E-state index is 0.0647. The number of hydrogen-bond acceptors (Lipinski definition) is 4. The predicted octanol–water partition coefficient (Wildman–Crippen LogP) is 8.28. The molecule has 0 radical (unpaired) electrons. The maximum atomic E-state index is 12.0. The molecular formula is C31H58O4Si2. The fourth-order valence-electron chi connectivity index (χ4n) is 9.97. The molecule has 0 spiro atoms. The lowest BCUT2D eigenvalue weighted by atomic mass is 9.43. The zero-order valence-electron chi connectivity index (χ0n) is 25.8. The van der Waals surface area contributed by atoms with E-state index in [0.29, 0.717) is 35.9 Å². The summed E-state index contributed by atoms with van der Waals surface area (Å²) >= 11 is 0. The van der Waals surface area contributed by atoms with Crippen molar-refractivity contribution < 1.29 is 18.4 Å². The second-order valence-corrected chi connectivity index (χ2v) is 24.8. The molecule has 4 aliphatic carbocycles. The summed E-state index contributed by atoms with van der Waals surface area (Å²) in [6.45, 7) is 21.9. The van der Waals surface area contributed by atoms with Crippen LogP contribution in [0.4, 0.5) is 0 Å². The van der Waals surface area contributed by atoms with Gasteiger partial charge in [0.25, 0.3) is 0 Å². The van der Waals surface area contributed by atoms with Crippen LogP contribution in [0.1, 0.15) is 85.0 Å². The topological polar surface area (TPSA) is 44.8 Å². The van der Waals surface area contributed by atoms with Crippen LogP contribution in [0.3, 0.4) is 0 Å². The maximum absolute atomic E-state index is 12.0. The Bertz CT molecular complexity index is 819. The Balaban J connectivity index is 1.59.